The standard InChI is InChI=1S/C12H19BrN2O2S/c1-3-12(17,4-2)8-15-11(16)14-6-10-5-9(13)7-18-10/h5,7,17H,3-4,6,8H2,1-2H3,(H2,14,15,16). The minimum atomic E-state index is -0.802. The van der Waals surface area contributed by atoms with Crippen LogP contribution >= 0.6 is 27.3 Å². The van der Waals surface area contributed by atoms with Crippen molar-refractivity contribution in [3.63, 3.8) is 0 Å². The summed E-state index contributed by atoms with van der Waals surface area (Å²) in [5, 5.41) is 17.5. The lowest BCUT2D eigenvalue weighted by molar-refractivity contribution is 0.0349. The molecule has 18 heavy (non-hydrogen) atoms. The highest BCUT2D eigenvalue weighted by atomic mass is 79.9. The monoisotopic (exact) mass is 334 g/mol. The molecular weight excluding hydrogens is 316 g/mol. The first-order chi connectivity index (χ1) is 8.49. The SMILES string of the molecule is CCC(O)(CC)CNC(=O)NCc1cc(Br)cs1. The molecule has 0 unspecified atom stereocenters. The summed E-state index contributed by atoms with van der Waals surface area (Å²) in [6.45, 7) is 4.59. The maximum Gasteiger partial charge on any atom is 0.315 e. The zero-order valence-electron chi connectivity index (χ0n) is 10.6. The topological polar surface area (TPSA) is 61.4 Å². The van der Waals surface area contributed by atoms with Crippen LogP contribution < -0.4 is 10.6 Å². The Hall–Kier alpha value is -0.590. The summed E-state index contributed by atoms with van der Waals surface area (Å²) in [7, 11) is 0. The molecule has 0 aromatic carbocycles. The predicted molar refractivity (Wildman–Crippen MR) is 77.8 cm³/mol. The molecular formula is C12H19BrN2O2S. The third kappa shape index (κ3) is 4.96. The zero-order chi connectivity index (χ0) is 13.6. The Labute approximate surface area is 120 Å². The zero-order valence-corrected chi connectivity index (χ0v) is 13.0. The number of amides is 2. The van der Waals surface area contributed by atoms with E-state index in [4.69, 9.17) is 0 Å². The van der Waals surface area contributed by atoms with E-state index < -0.39 is 5.60 Å². The second-order valence-electron chi connectivity index (χ2n) is 4.20. The quantitative estimate of drug-likeness (QED) is 0.749. The molecule has 0 bridgehead atoms. The van der Waals surface area contributed by atoms with Gasteiger partial charge in [-0.15, -0.1) is 11.3 Å². The molecule has 0 fully saturated rings. The van der Waals surface area contributed by atoms with Crippen LogP contribution in [0.15, 0.2) is 15.9 Å². The summed E-state index contributed by atoms with van der Waals surface area (Å²) in [5.41, 5.74) is -0.802. The maximum atomic E-state index is 11.6. The fourth-order valence-corrected chi connectivity index (χ4v) is 2.81. The van der Waals surface area contributed by atoms with Gasteiger partial charge in [-0.1, -0.05) is 13.8 Å². The van der Waals surface area contributed by atoms with Crippen molar-refractivity contribution in [2.75, 3.05) is 6.54 Å². The van der Waals surface area contributed by atoms with Crippen molar-refractivity contribution in [2.24, 2.45) is 0 Å². The fraction of sp³-hybridized carbons (Fsp3) is 0.583. The van der Waals surface area contributed by atoms with Gasteiger partial charge in [0.15, 0.2) is 0 Å². The number of rotatable bonds is 6. The van der Waals surface area contributed by atoms with Gasteiger partial charge in [0.25, 0.3) is 0 Å². The molecule has 0 spiro atoms. The number of hydrogen-bond acceptors (Lipinski definition) is 3. The van der Waals surface area contributed by atoms with E-state index in [1.165, 1.54) is 0 Å². The Morgan fingerprint density at radius 1 is 1.44 bits per heavy atom. The van der Waals surface area contributed by atoms with Crippen molar-refractivity contribution in [3.05, 3.63) is 20.8 Å². The van der Waals surface area contributed by atoms with Crippen LogP contribution in [0.5, 0.6) is 0 Å². The lowest BCUT2D eigenvalue weighted by atomic mass is 9.98. The van der Waals surface area contributed by atoms with E-state index in [2.05, 4.69) is 26.6 Å². The first-order valence-electron chi connectivity index (χ1n) is 5.96. The minimum absolute atomic E-state index is 0.250. The number of carbonyl (C=O) groups is 1. The van der Waals surface area contributed by atoms with Gasteiger partial charge in [-0.05, 0) is 34.8 Å². The molecule has 0 saturated heterocycles. The number of hydrogen-bond donors (Lipinski definition) is 3. The van der Waals surface area contributed by atoms with E-state index >= 15 is 0 Å². The Kier molecular flexibility index (Phi) is 6.11. The number of urea groups is 1. The molecule has 0 atom stereocenters. The first kappa shape index (κ1) is 15.5. The van der Waals surface area contributed by atoms with Crippen molar-refractivity contribution < 1.29 is 9.90 Å². The van der Waals surface area contributed by atoms with Crippen molar-refractivity contribution in [1.82, 2.24) is 10.6 Å². The molecule has 1 heterocycles. The van der Waals surface area contributed by atoms with Gasteiger partial charge in [0.2, 0.25) is 0 Å². The number of aliphatic hydroxyl groups is 1. The molecule has 0 aliphatic carbocycles. The van der Waals surface area contributed by atoms with Crippen molar-refractivity contribution in [3.8, 4) is 0 Å². The Bertz CT molecular complexity index is 391. The lowest BCUT2D eigenvalue weighted by Gasteiger charge is -2.25. The summed E-state index contributed by atoms with van der Waals surface area (Å²) < 4.78 is 1.02. The molecule has 0 saturated carbocycles. The second kappa shape index (κ2) is 7.11. The molecule has 3 N–H and O–H groups in total. The van der Waals surface area contributed by atoms with E-state index in [-0.39, 0.29) is 12.6 Å². The van der Waals surface area contributed by atoms with Gasteiger partial charge in [-0.2, -0.15) is 0 Å². The summed E-state index contributed by atoms with van der Waals surface area (Å²) in [4.78, 5) is 12.6. The summed E-state index contributed by atoms with van der Waals surface area (Å²) in [6, 6.07) is 1.72. The minimum Gasteiger partial charge on any atom is -0.388 e. The number of halogens is 1. The van der Waals surface area contributed by atoms with Crippen LogP contribution in [0.2, 0.25) is 0 Å². The van der Waals surface area contributed by atoms with Gasteiger partial charge < -0.3 is 15.7 Å². The summed E-state index contributed by atoms with van der Waals surface area (Å²) in [5.74, 6) is 0. The molecule has 1 rings (SSSR count). The van der Waals surface area contributed by atoms with Gasteiger partial charge in [0.1, 0.15) is 0 Å². The van der Waals surface area contributed by atoms with Gasteiger partial charge in [0, 0.05) is 21.3 Å². The van der Waals surface area contributed by atoms with Crippen LogP contribution in [-0.2, 0) is 6.54 Å². The van der Waals surface area contributed by atoms with E-state index in [1.807, 2.05) is 25.3 Å². The Balaban J connectivity index is 2.30. The largest absolute Gasteiger partial charge is 0.388 e. The lowest BCUT2D eigenvalue weighted by Crippen LogP contribution is -2.45. The average Bonchev–Trinajstić information content (AvgIpc) is 2.79. The third-order valence-electron chi connectivity index (χ3n) is 2.94. The Morgan fingerprint density at radius 2 is 2.11 bits per heavy atom. The summed E-state index contributed by atoms with van der Waals surface area (Å²) in [6.07, 6.45) is 1.25. The maximum absolute atomic E-state index is 11.6. The van der Waals surface area contributed by atoms with Gasteiger partial charge >= 0.3 is 6.03 Å². The molecule has 2 amide bonds. The smallest absolute Gasteiger partial charge is 0.315 e. The molecule has 4 nitrogen and oxygen atoms in total. The Morgan fingerprint density at radius 3 is 2.61 bits per heavy atom. The van der Waals surface area contributed by atoms with Crippen molar-refractivity contribution in [1.29, 1.82) is 0 Å². The van der Waals surface area contributed by atoms with E-state index in [0.29, 0.717) is 19.4 Å². The number of thiophene rings is 1. The van der Waals surface area contributed by atoms with E-state index in [1.54, 1.807) is 11.3 Å². The molecule has 0 radical (unpaired) electrons. The highest BCUT2D eigenvalue weighted by molar-refractivity contribution is 9.10. The predicted octanol–water partition coefficient (Wildman–Crippen LogP) is 2.86. The molecule has 0 aliphatic heterocycles. The van der Waals surface area contributed by atoms with Crippen LogP contribution in [0.3, 0.4) is 0 Å². The molecule has 1 aromatic rings. The molecule has 1 aromatic heterocycles. The number of nitrogens with one attached hydrogen (secondary N) is 2. The van der Waals surface area contributed by atoms with E-state index in [9.17, 15) is 9.90 Å². The molecule has 0 aliphatic rings. The van der Waals surface area contributed by atoms with Crippen molar-refractivity contribution >= 4 is 33.3 Å². The first-order valence-corrected chi connectivity index (χ1v) is 7.63. The van der Waals surface area contributed by atoms with Gasteiger partial charge in [-0.3, -0.25) is 0 Å². The van der Waals surface area contributed by atoms with Crippen LogP contribution in [0.25, 0.3) is 0 Å². The molecule has 102 valence electrons. The van der Waals surface area contributed by atoms with Crippen LogP contribution in [0, 0.1) is 0 Å². The highest BCUT2D eigenvalue weighted by Gasteiger charge is 2.22. The normalized spacial score (nSPS) is 11.3. The van der Waals surface area contributed by atoms with Crippen LogP contribution in [0.4, 0.5) is 4.79 Å². The van der Waals surface area contributed by atoms with E-state index in [0.717, 1.165) is 9.35 Å². The van der Waals surface area contributed by atoms with Crippen LogP contribution in [-0.4, -0.2) is 23.3 Å². The van der Waals surface area contributed by atoms with Crippen molar-refractivity contribution in [2.45, 2.75) is 38.8 Å². The number of carbonyl (C=O) groups excluding carboxylic acids is 1. The fourth-order valence-electron chi connectivity index (χ4n) is 1.42. The second-order valence-corrected chi connectivity index (χ2v) is 6.11. The summed E-state index contributed by atoms with van der Waals surface area (Å²) >= 11 is 4.95. The van der Waals surface area contributed by atoms with Gasteiger partial charge in [0.05, 0.1) is 12.1 Å². The van der Waals surface area contributed by atoms with Gasteiger partial charge in [-0.25, -0.2) is 4.79 Å². The molecule has 6 heteroatoms. The third-order valence-corrected chi connectivity index (χ3v) is 4.64. The highest BCUT2D eigenvalue weighted by Crippen LogP contribution is 2.19. The van der Waals surface area contributed by atoms with Crippen LogP contribution in [0.1, 0.15) is 31.6 Å². The average molecular weight is 335 g/mol.